The molecule has 2 rings (SSSR count). The minimum absolute atomic E-state index is 0.0266. The molecule has 5 nitrogen and oxygen atoms in total. The van der Waals surface area contributed by atoms with Crippen LogP contribution in [-0.4, -0.2) is 38.9 Å². The number of nitrogens with zero attached hydrogens (tertiary/aromatic N) is 1. The quantitative estimate of drug-likeness (QED) is 0.594. The summed E-state index contributed by atoms with van der Waals surface area (Å²) in [4.78, 5) is 12.8. The Morgan fingerprint density at radius 1 is 1.15 bits per heavy atom. The molecule has 1 aliphatic heterocycles. The molecule has 1 saturated heterocycles. The lowest BCUT2D eigenvalue weighted by atomic mass is 10.2. The van der Waals surface area contributed by atoms with Crippen molar-refractivity contribution in [1.29, 1.82) is 0 Å². The Hall–Kier alpha value is -1.68. The SMILES string of the molecule is O=C1CCCCCN1CCCNS(=O)(=O)c1ccc(F)c(C(F)(F)F)c1. The van der Waals surface area contributed by atoms with Crippen LogP contribution in [0, 0.1) is 5.82 Å². The van der Waals surface area contributed by atoms with Gasteiger partial charge >= 0.3 is 6.18 Å². The molecule has 1 aromatic rings. The van der Waals surface area contributed by atoms with Crippen molar-refractivity contribution in [2.24, 2.45) is 0 Å². The molecule has 0 aliphatic carbocycles. The molecule has 1 aromatic carbocycles. The summed E-state index contributed by atoms with van der Waals surface area (Å²) >= 11 is 0. The normalized spacial score (nSPS) is 16.6. The smallest absolute Gasteiger partial charge is 0.343 e. The van der Waals surface area contributed by atoms with Gasteiger partial charge in [-0.25, -0.2) is 17.5 Å². The number of carbonyl (C=O) groups excluding carboxylic acids is 1. The van der Waals surface area contributed by atoms with Gasteiger partial charge in [-0.3, -0.25) is 4.79 Å². The second-order valence-corrected chi connectivity index (χ2v) is 7.85. The molecule has 26 heavy (non-hydrogen) atoms. The van der Waals surface area contributed by atoms with Crippen LogP contribution in [0.15, 0.2) is 23.1 Å². The van der Waals surface area contributed by atoms with Crippen LogP contribution in [0.4, 0.5) is 17.6 Å². The summed E-state index contributed by atoms with van der Waals surface area (Å²) in [5.74, 6) is -1.50. The van der Waals surface area contributed by atoms with Crippen molar-refractivity contribution >= 4 is 15.9 Å². The van der Waals surface area contributed by atoms with E-state index in [-0.39, 0.29) is 18.5 Å². The third-order valence-corrected chi connectivity index (χ3v) is 5.58. The Bertz CT molecular complexity index is 750. The van der Waals surface area contributed by atoms with Crippen LogP contribution in [0.3, 0.4) is 0 Å². The molecule has 0 spiro atoms. The van der Waals surface area contributed by atoms with E-state index in [1.165, 1.54) is 0 Å². The molecule has 0 unspecified atom stereocenters. The van der Waals surface area contributed by atoms with Crippen LogP contribution in [-0.2, 0) is 21.0 Å². The maximum absolute atomic E-state index is 13.3. The van der Waals surface area contributed by atoms with Crippen molar-refractivity contribution in [1.82, 2.24) is 9.62 Å². The van der Waals surface area contributed by atoms with E-state index in [9.17, 15) is 30.8 Å². The molecule has 146 valence electrons. The fourth-order valence-electron chi connectivity index (χ4n) is 2.72. The Balaban J connectivity index is 1.95. The fourth-order valence-corrected chi connectivity index (χ4v) is 3.82. The predicted octanol–water partition coefficient (Wildman–Crippen LogP) is 2.92. The third kappa shape index (κ3) is 5.41. The molecular weight excluding hydrogens is 376 g/mol. The van der Waals surface area contributed by atoms with E-state index in [1.54, 1.807) is 4.90 Å². The van der Waals surface area contributed by atoms with E-state index in [4.69, 9.17) is 0 Å². The number of halogens is 4. The summed E-state index contributed by atoms with van der Waals surface area (Å²) in [5.41, 5.74) is -1.63. The van der Waals surface area contributed by atoms with Crippen LogP contribution < -0.4 is 4.72 Å². The Kier molecular flexibility index (Phi) is 6.62. The van der Waals surface area contributed by atoms with E-state index >= 15 is 0 Å². The van der Waals surface area contributed by atoms with Crippen LogP contribution in [0.2, 0.25) is 0 Å². The lowest BCUT2D eigenvalue weighted by Crippen LogP contribution is -2.34. The molecular formula is C16H20F4N2O3S. The molecule has 1 heterocycles. The number of likely N-dealkylation sites (tertiary alicyclic amines) is 1. The molecule has 0 aromatic heterocycles. The second kappa shape index (κ2) is 8.34. The van der Waals surface area contributed by atoms with E-state index in [2.05, 4.69) is 4.72 Å². The minimum atomic E-state index is -4.98. The summed E-state index contributed by atoms with van der Waals surface area (Å²) in [6.07, 6.45) is -1.47. The number of rotatable bonds is 6. The van der Waals surface area contributed by atoms with Gasteiger partial charge in [0.15, 0.2) is 0 Å². The highest BCUT2D eigenvalue weighted by Crippen LogP contribution is 2.32. The van der Waals surface area contributed by atoms with Gasteiger partial charge in [0.2, 0.25) is 15.9 Å². The number of alkyl halides is 3. The number of carbonyl (C=O) groups is 1. The predicted molar refractivity (Wildman–Crippen MR) is 86.3 cm³/mol. The first kappa shape index (κ1) is 20.6. The van der Waals surface area contributed by atoms with Crippen molar-refractivity contribution < 1.29 is 30.8 Å². The summed E-state index contributed by atoms with van der Waals surface area (Å²) in [6.45, 7) is 0.960. The van der Waals surface area contributed by atoms with Crippen molar-refractivity contribution in [2.75, 3.05) is 19.6 Å². The zero-order chi connectivity index (χ0) is 19.4. The Morgan fingerprint density at radius 3 is 2.58 bits per heavy atom. The number of hydrogen-bond donors (Lipinski definition) is 1. The monoisotopic (exact) mass is 396 g/mol. The summed E-state index contributed by atoms with van der Waals surface area (Å²) in [7, 11) is -4.20. The highest BCUT2D eigenvalue weighted by atomic mass is 32.2. The molecule has 0 radical (unpaired) electrons. The van der Waals surface area contributed by atoms with Crippen molar-refractivity contribution in [2.45, 2.75) is 43.2 Å². The summed E-state index contributed by atoms with van der Waals surface area (Å²) in [5, 5.41) is 0. The van der Waals surface area contributed by atoms with Gasteiger partial charge in [0.1, 0.15) is 5.82 Å². The molecule has 0 bridgehead atoms. The zero-order valence-electron chi connectivity index (χ0n) is 14.0. The van der Waals surface area contributed by atoms with Crippen molar-refractivity contribution in [3.05, 3.63) is 29.6 Å². The van der Waals surface area contributed by atoms with Crippen molar-refractivity contribution in [3.8, 4) is 0 Å². The van der Waals surface area contributed by atoms with Crippen molar-refractivity contribution in [3.63, 3.8) is 0 Å². The largest absolute Gasteiger partial charge is 0.419 e. The van der Waals surface area contributed by atoms with E-state index in [1.807, 2.05) is 0 Å². The Labute approximate surface area is 149 Å². The molecule has 10 heteroatoms. The highest BCUT2D eigenvalue weighted by Gasteiger charge is 2.35. The number of amides is 1. The van der Waals surface area contributed by atoms with Gasteiger partial charge in [-0.1, -0.05) is 6.42 Å². The molecule has 0 saturated carbocycles. The van der Waals surface area contributed by atoms with Crippen LogP contribution >= 0.6 is 0 Å². The first-order chi connectivity index (χ1) is 12.1. The maximum atomic E-state index is 13.3. The average molecular weight is 396 g/mol. The minimum Gasteiger partial charge on any atom is -0.343 e. The lowest BCUT2D eigenvalue weighted by molar-refractivity contribution is -0.140. The van der Waals surface area contributed by atoms with Gasteiger partial charge in [0.05, 0.1) is 10.5 Å². The third-order valence-electron chi connectivity index (χ3n) is 4.12. The van der Waals surface area contributed by atoms with Gasteiger partial charge in [0.25, 0.3) is 0 Å². The number of sulfonamides is 1. The lowest BCUT2D eigenvalue weighted by Gasteiger charge is -2.20. The second-order valence-electron chi connectivity index (χ2n) is 6.08. The van der Waals surface area contributed by atoms with Gasteiger partial charge in [-0.2, -0.15) is 13.2 Å². The van der Waals surface area contributed by atoms with E-state index in [0.717, 1.165) is 25.3 Å². The first-order valence-corrected chi connectivity index (χ1v) is 9.74. The molecule has 0 atom stereocenters. The standard InChI is InChI=1S/C16H20F4N2O3S/c17-14-7-6-12(11-13(14)16(18,19)20)26(24,25)21-8-4-10-22-9-3-1-2-5-15(22)23/h6-7,11,21H,1-5,8-10H2. The average Bonchev–Trinajstić information content (AvgIpc) is 2.75. The molecule has 1 N–H and O–H groups in total. The van der Waals surface area contributed by atoms with Gasteiger partial charge in [-0.05, 0) is 37.5 Å². The zero-order valence-corrected chi connectivity index (χ0v) is 14.8. The molecule has 1 fully saturated rings. The maximum Gasteiger partial charge on any atom is 0.419 e. The van der Waals surface area contributed by atoms with Crippen LogP contribution in [0.5, 0.6) is 0 Å². The highest BCUT2D eigenvalue weighted by molar-refractivity contribution is 7.89. The number of benzene rings is 1. The van der Waals surface area contributed by atoms with E-state index < -0.39 is 32.5 Å². The fraction of sp³-hybridized carbons (Fsp3) is 0.562. The van der Waals surface area contributed by atoms with Gasteiger partial charge < -0.3 is 4.90 Å². The first-order valence-electron chi connectivity index (χ1n) is 8.25. The Morgan fingerprint density at radius 2 is 1.88 bits per heavy atom. The van der Waals surface area contributed by atoms with E-state index in [0.29, 0.717) is 32.0 Å². The summed E-state index contributed by atoms with van der Waals surface area (Å²) < 4.78 is 77.8. The molecule has 1 aliphatic rings. The van der Waals surface area contributed by atoms with Crippen LogP contribution in [0.25, 0.3) is 0 Å². The topological polar surface area (TPSA) is 66.5 Å². The van der Waals surface area contributed by atoms with Gasteiger partial charge in [0, 0.05) is 26.1 Å². The van der Waals surface area contributed by atoms with Crippen LogP contribution in [0.1, 0.15) is 37.7 Å². The number of nitrogens with one attached hydrogen (secondary N) is 1. The summed E-state index contributed by atoms with van der Waals surface area (Å²) in [6, 6.07) is 1.54. The number of hydrogen-bond acceptors (Lipinski definition) is 3. The molecule has 1 amide bonds. The van der Waals surface area contributed by atoms with Gasteiger partial charge in [-0.15, -0.1) is 0 Å².